The smallest absolute Gasteiger partial charge is 0.447 e. The quantitative estimate of drug-likeness (QED) is 0.0458. The summed E-state index contributed by atoms with van der Waals surface area (Å²) in [7, 11) is 2.88. The van der Waals surface area contributed by atoms with Gasteiger partial charge in [0.15, 0.2) is 0 Å². The van der Waals surface area contributed by atoms with Crippen molar-refractivity contribution in [1.82, 2.24) is 8.61 Å². The van der Waals surface area contributed by atoms with Crippen LogP contribution < -0.4 is 0 Å². The number of carbonyl (C=O) groups is 3. The van der Waals surface area contributed by atoms with Crippen LogP contribution in [-0.4, -0.2) is 63.5 Å². The molecule has 2 atom stereocenters. The molecule has 1 aliphatic carbocycles. The summed E-state index contributed by atoms with van der Waals surface area (Å²) in [6, 6.07) is 12.1. The Morgan fingerprint density at radius 1 is 0.913 bits per heavy atom. The summed E-state index contributed by atoms with van der Waals surface area (Å²) in [5.74, 6) is 1.01. The Bertz CT molecular complexity index is 1370. The second-order valence-corrected chi connectivity index (χ2v) is 14.4. The topological polar surface area (TPSA) is 123 Å². The molecule has 14 heteroatoms. The summed E-state index contributed by atoms with van der Waals surface area (Å²) >= 11 is 3.51. The van der Waals surface area contributed by atoms with E-state index in [1.807, 2.05) is 36.8 Å². The molecule has 0 bridgehead atoms. The predicted octanol–water partition coefficient (Wildman–Crippen LogP) is 8.23. The third-order valence-corrected chi connectivity index (χ3v) is 8.96. The molecule has 0 aliphatic heterocycles. The van der Waals surface area contributed by atoms with Crippen LogP contribution in [-0.2, 0) is 32.2 Å². The van der Waals surface area contributed by atoms with Crippen LogP contribution in [0.3, 0.4) is 0 Å². The number of benzene rings is 1. The number of ether oxygens (including phenoxy) is 1. The highest BCUT2D eigenvalue weighted by atomic mass is 32.2. The van der Waals surface area contributed by atoms with Crippen LogP contribution in [0.15, 0.2) is 69.0 Å². The van der Waals surface area contributed by atoms with E-state index in [9.17, 15) is 14.4 Å². The van der Waals surface area contributed by atoms with Gasteiger partial charge >= 0.3 is 18.2 Å². The van der Waals surface area contributed by atoms with E-state index in [1.165, 1.54) is 48.8 Å². The molecule has 0 N–H and O–H groups in total. The van der Waals surface area contributed by atoms with Crippen LogP contribution in [0.25, 0.3) is 0 Å². The summed E-state index contributed by atoms with van der Waals surface area (Å²) in [5, 5.41) is 8.42. The van der Waals surface area contributed by atoms with Crippen molar-refractivity contribution in [2.24, 2.45) is 27.6 Å². The molecule has 2 aromatic rings. The van der Waals surface area contributed by atoms with Crippen LogP contribution in [0, 0.1) is 17.3 Å². The lowest BCUT2D eigenvalue weighted by molar-refractivity contribution is -0.147. The van der Waals surface area contributed by atoms with E-state index < -0.39 is 12.2 Å². The van der Waals surface area contributed by atoms with Gasteiger partial charge in [-0.05, 0) is 63.2 Å². The molecule has 0 spiro atoms. The van der Waals surface area contributed by atoms with Gasteiger partial charge in [-0.2, -0.15) is 0 Å². The predicted molar refractivity (Wildman–Crippen MR) is 187 cm³/mol. The number of oxime groups is 2. The van der Waals surface area contributed by atoms with Crippen molar-refractivity contribution >= 4 is 63.9 Å². The molecular formula is C32H44N4O7S3. The molecule has 11 nitrogen and oxygen atoms in total. The van der Waals surface area contributed by atoms with Crippen LogP contribution in [0.1, 0.15) is 58.4 Å². The molecule has 1 saturated carbocycles. The van der Waals surface area contributed by atoms with Crippen LogP contribution in [0.2, 0.25) is 0 Å². The van der Waals surface area contributed by atoms with Crippen molar-refractivity contribution in [2.75, 3.05) is 26.6 Å². The molecule has 3 rings (SSSR count). The van der Waals surface area contributed by atoms with Gasteiger partial charge in [-0.1, -0.05) is 66.1 Å². The van der Waals surface area contributed by atoms with Gasteiger partial charge in [0.25, 0.3) is 0 Å². The zero-order valence-electron chi connectivity index (χ0n) is 28.1. The largest absolute Gasteiger partial charge is 0.469 e. The Morgan fingerprint density at radius 3 is 1.96 bits per heavy atom. The molecule has 252 valence electrons. The standard InChI is InChI=1S/C22H26O3.C10H18N4O4S3/c1-15(2)10-19-20(22(19,3)4)21(23)25-14-17-12-18(24-13-17)11-16-8-6-5-7-9-16;1-7(19-5)11-17-9(15)13(3)21-14(4)10(16)18-12-8(2)20-6/h5-10,12-13,19-20H,11,14H2,1-4H3;1-6H3/b;11-7-,12-8-. The van der Waals surface area contributed by atoms with Gasteiger partial charge in [0.1, 0.15) is 22.5 Å². The monoisotopic (exact) mass is 692 g/mol. The average molecular weight is 693 g/mol. The molecule has 1 aromatic heterocycles. The van der Waals surface area contributed by atoms with E-state index in [0.717, 1.165) is 38.5 Å². The first-order valence-electron chi connectivity index (χ1n) is 14.4. The number of esters is 1. The normalized spacial score (nSPS) is 16.7. The van der Waals surface area contributed by atoms with Crippen molar-refractivity contribution in [1.29, 1.82) is 0 Å². The molecule has 2 amide bonds. The third-order valence-electron chi connectivity index (χ3n) is 6.84. The number of rotatable bonds is 10. The molecule has 0 radical (unpaired) electrons. The molecule has 0 saturated heterocycles. The van der Waals surface area contributed by atoms with Crippen molar-refractivity contribution in [3.8, 4) is 0 Å². The Morgan fingerprint density at radius 2 is 1.46 bits per heavy atom. The minimum Gasteiger partial charge on any atom is -0.469 e. The first-order chi connectivity index (χ1) is 21.7. The second-order valence-electron chi connectivity index (χ2n) is 11.2. The number of hydrogen-bond acceptors (Lipinski definition) is 12. The van der Waals surface area contributed by atoms with Gasteiger partial charge in [0.2, 0.25) is 0 Å². The Hall–Kier alpha value is -3.36. The first-order valence-corrected chi connectivity index (χ1v) is 17.5. The maximum atomic E-state index is 12.4. The van der Waals surface area contributed by atoms with Crippen LogP contribution in [0.5, 0.6) is 0 Å². The summed E-state index contributed by atoms with van der Waals surface area (Å²) in [4.78, 5) is 44.9. The first kappa shape index (κ1) is 38.8. The van der Waals surface area contributed by atoms with Gasteiger partial charge < -0.3 is 9.15 Å². The summed E-state index contributed by atoms with van der Waals surface area (Å²) < 4.78 is 13.3. The van der Waals surface area contributed by atoms with Gasteiger partial charge in [0, 0.05) is 26.1 Å². The van der Waals surface area contributed by atoms with Gasteiger partial charge in [-0.15, -0.1) is 23.5 Å². The van der Waals surface area contributed by atoms with Gasteiger partial charge in [-0.3, -0.25) is 14.5 Å². The average Bonchev–Trinajstić information content (AvgIpc) is 3.31. The van der Waals surface area contributed by atoms with E-state index in [4.69, 9.17) is 9.15 Å². The fraction of sp³-hybridized carbons (Fsp3) is 0.469. The Balaban J connectivity index is 0.000000327. The number of carbonyl (C=O) groups excluding carboxylic acids is 3. The van der Waals surface area contributed by atoms with Gasteiger partial charge in [0.05, 0.1) is 24.3 Å². The fourth-order valence-electron chi connectivity index (χ4n) is 4.08. The SMILES string of the molecule is CC(C)=CC1C(C(=O)OCc2coc(Cc3ccccc3)c2)C1(C)C.CS/C(C)=N\OC(=O)N(C)SN(C)C(=O)O/N=C(/C)SC. The second kappa shape index (κ2) is 18.7. The molecular weight excluding hydrogens is 649 g/mol. The molecule has 1 aliphatic rings. The highest BCUT2D eigenvalue weighted by Gasteiger charge is 2.61. The van der Waals surface area contributed by atoms with Gasteiger partial charge in [-0.25, -0.2) is 18.2 Å². The number of hydrogen-bond donors (Lipinski definition) is 0. The van der Waals surface area contributed by atoms with Crippen molar-refractivity contribution in [3.63, 3.8) is 0 Å². The van der Waals surface area contributed by atoms with E-state index in [-0.39, 0.29) is 29.8 Å². The van der Waals surface area contributed by atoms with E-state index in [0.29, 0.717) is 10.1 Å². The zero-order chi connectivity index (χ0) is 34.4. The fourth-order valence-corrected chi connectivity index (χ4v) is 4.87. The van der Waals surface area contributed by atoms with Crippen LogP contribution in [0.4, 0.5) is 9.59 Å². The minimum atomic E-state index is -0.711. The maximum absolute atomic E-state index is 12.4. The molecule has 1 aromatic carbocycles. The third kappa shape index (κ3) is 12.8. The summed E-state index contributed by atoms with van der Waals surface area (Å²) in [5.41, 5.74) is 3.33. The highest BCUT2D eigenvalue weighted by molar-refractivity contribution is 8.13. The molecule has 46 heavy (non-hydrogen) atoms. The van der Waals surface area contributed by atoms with E-state index in [2.05, 4.69) is 65.9 Å². The minimum absolute atomic E-state index is 0.0107. The number of amides is 2. The van der Waals surface area contributed by atoms with E-state index in [1.54, 1.807) is 20.1 Å². The van der Waals surface area contributed by atoms with Crippen molar-refractivity contribution < 1.29 is 33.2 Å². The maximum Gasteiger partial charge on any atom is 0.447 e. The summed E-state index contributed by atoms with van der Waals surface area (Å²) in [6.45, 7) is 12.1. The lowest BCUT2D eigenvalue weighted by atomic mass is 10.1. The Labute approximate surface area is 284 Å². The highest BCUT2D eigenvalue weighted by Crippen LogP contribution is 2.59. The van der Waals surface area contributed by atoms with Crippen molar-refractivity contribution in [2.45, 2.75) is 54.6 Å². The van der Waals surface area contributed by atoms with E-state index >= 15 is 0 Å². The van der Waals surface area contributed by atoms with Crippen molar-refractivity contribution in [3.05, 3.63) is 71.2 Å². The number of thioether (sulfide) groups is 2. The lowest BCUT2D eigenvalue weighted by Crippen LogP contribution is -2.28. The number of nitrogens with zero attached hydrogens (tertiary/aromatic N) is 4. The lowest BCUT2D eigenvalue weighted by Gasteiger charge is -2.19. The summed E-state index contributed by atoms with van der Waals surface area (Å²) in [6.07, 6.45) is 6.80. The van der Waals surface area contributed by atoms with Crippen LogP contribution >= 0.6 is 35.7 Å². The molecule has 2 unspecified atom stereocenters. The molecule has 1 fully saturated rings. The Kier molecular flexibility index (Phi) is 15.8. The number of furan rings is 1. The molecule has 1 heterocycles. The number of allylic oxidation sites excluding steroid dienone is 2. The zero-order valence-corrected chi connectivity index (χ0v) is 30.5.